The van der Waals surface area contributed by atoms with Gasteiger partial charge in [-0.25, -0.2) is 4.98 Å². The van der Waals surface area contributed by atoms with Crippen LogP contribution in [0.5, 0.6) is 5.88 Å². The maximum absolute atomic E-state index is 6.64. The molecule has 8 nitrogen and oxygen atoms in total. The fourth-order valence-corrected chi connectivity index (χ4v) is 6.45. The number of hydrogen-bond acceptors (Lipinski definition) is 8. The predicted molar refractivity (Wildman–Crippen MR) is 129 cm³/mol. The zero-order valence-electron chi connectivity index (χ0n) is 19.2. The monoisotopic (exact) mass is 455 g/mol. The first-order chi connectivity index (χ1) is 15.5. The molecule has 1 fully saturated rings. The molecule has 3 aromatic heterocycles. The van der Waals surface area contributed by atoms with Crippen LogP contribution in [0.25, 0.3) is 10.2 Å². The predicted octanol–water partition coefficient (Wildman–Crippen LogP) is 3.80. The van der Waals surface area contributed by atoms with Gasteiger partial charge in [-0.05, 0) is 77.1 Å². The first-order valence-corrected chi connectivity index (χ1v) is 12.5. The lowest BCUT2D eigenvalue weighted by Crippen LogP contribution is -2.35. The minimum absolute atomic E-state index is 0.195. The van der Waals surface area contributed by atoms with E-state index in [0.29, 0.717) is 24.5 Å². The van der Waals surface area contributed by atoms with E-state index in [1.807, 2.05) is 13.2 Å². The number of nitrogens with zero attached hydrogens (tertiary/aromatic N) is 5. The number of nitrogens with one attached hydrogen (secondary N) is 1. The molecule has 3 aromatic rings. The van der Waals surface area contributed by atoms with Crippen LogP contribution in [0.4, 0.5) is 11.6 Å². The maximum Gasteiger partial charge on any atom is 0.232 e. The number of aromatic nitrogens is 4. The zero-order valence-corrected chi connectivity index (χ0v) is 20.0. The summed E-state index contributed by atoms with van der Waals surface area (Å²) in [4.78, 5) is 14.5. The number of hydrogen-bond donors (Lipinski definition) is 2. The summed E-state index contributed by atoms with van der Waals surface area (Å²) >= 11 is 1.79. The fraction of sp³-hybridized carbons (Fsp3) is 0.609. The lowest BCUT2D eigenvalue weighted by molar-refractivity contribution is 0.109. The van der Waals surface area contributed by atoms with E-state index in [9.17, 15) is 0 Å². The van der Waals surface area contributed by atoms with E-state index in [-0.39, 0.29) is 6.10 Å². The Morgan fingerprint density at radius 2 is 2.03 bits per heavy atom. The van der Waals surface area contributed by atoms with Gasteiger partial charge in [0.15, 0.2) is 0 Å². The van der Waals surface area contributed by atoms with Gasteiger partial charge in [-0.1, -0.05) is 0 Å². The maximum atomic E-state index is 6.64. The number of rotatable bonds is 7. The summed E-state index contributed by atoms with van der Waals surface area (Å²) in [5.74, 6) is 1.78. The molecule has 0 bridgehead atoms. The summed E-state index contributed by atoms with van der Waals surface area (Å²) in [6.45, 7) is 0.702. The van der Waals surface area contributed by atoms with Crippen LogP contribution >= 0.6 is 11.3 Å². The normalized spacial score (nSPS) is 23.1. The van der Waals surface area contributed by atoms with Crippen molar-refractivity contribution in [2.75, 3.05) is 26.0 Å². The lowest BCUT2D eigenvalue weighted by atomic mass is 9.92. The third-order valence-corrected chi connectivity index (χ3v) is 8.05. The largest absolute Gasteiger partial charge is 0.474 e. The molecule has 1 unspecified atom stereocenters. The highest BCUT2D eigenvalue weighted by atomic mass is 32.1. The molecule has 9 heteroatoms. The molecule has 0 aromatic carbocycles. The third-order valence-electron chi connectivity index (χ3n) is 6.89. The molecule has 1 saturated carbocycles. The molecule has 32 heavy (non-hydrogen) atoms. The van der Waals surface area contributed by atoms with Gasteiger partial charge in [0.1, 0.15) is 10.9 Å². The summed E-state index contributed by atoms with van der Waals surface area (Å²) in [7, 11) is 6.24. The van der Waals surface area contributed by atoms with Crippen LogP contribution in [0.3, 0.4) is 0 Å². The molecule has 0 amide bonds. The highest BCUT2D eigenvalue weighted by Crippen LogP contribution is 2.48. The molecule has 172 valence electrons. The molecular formula is C23H33N7OS. The Morgan fingerprint density at radius 1 is 1.22 bits per heavy atom. The van der Waals surface area contributed by atoms with Crippen LogP contribution in [0, 0.1) is 0 Å². The second kappa shape index (κ2) is 8.96. The number of thiophene rings is 1. The van der Waals surface area contributed by atoms with Gasteiger partial charge in [0.25, 0.3) is 0 Å². The summed E-state index contributed by atoms with van der Waals surface area (Å²) in [6, 6.07) is 0.641. The molecule has 1 atom stereocenters. The molecule has 0 aliphatic heterocycles. The topological polar surface area (TPSA) is 94.1 Å². The Hall–Kier alpha value is -2.23. The Balaban J connectivity index is 1.49. The van der Waals surface area contributed by atoms with Gasteiger partial charge < -0.3 is 20.7 Å². The summed E-state index contributed by atoms with van der Waals surface area (Å²) in [5, 5.41) is 8.67. The van der Waals surface area contributed by atoms with Crippen LogP contribution < -0.4 is 15.8 Å². The van der Waals surface area contributed by atoms with Crippen molar-refractivity contribution in [3.8, 4) is 5.88 Å². The Morgan fingerprint density at radius 3 is 2.72 bits per heavy atom. The van der Waals surface area contributed by atoms with E-state index < -0.39 is 0 Å². The van der Waals surface area contributed by atoms with Gasteiger partial charge in [-0.2, -0.15) is 10.1 Å². The number of ether oxygens (including phenoxy) is 1. The van der Waals surface area contributed by atoms with Crippen molar-refractivity contribution < 1.29 is 4.74 Å². The minimum Gasteiger partial charge on any atom is -0.474 e. The van der Waals surface area contributed by atoms with Crippen LogP contribution in [-0.2, 0) is 13.5 Å². The first-order valence-electron chi connectivity index (χ1n) is 11.6. The first kappa shape index (κ1) is 21.6. The van der Waals surface area contributed by atoms with E-state index in [1.54, 1.807) is 22.2 Å². The van der Waals surface area contributed by atoms with E-state index in [2.05, 4.69) is 29.4 Å². The van der Waals surface area contributed by atoms with Crippen molar-refractivity contribution in [2.45, 2.75) is 63.0 Å². The zero-order chi connectivity index (χ0) is 22.2. The molecule has 0 spiro atoms. The number of anilines is 2. The Labute approximate surface area is 193 Å². The van der Waals surface area contributed by atoms with E-state index in [4.69, 9.17) is 20.4 Å². The molecular weight excluding hydrogens is 422 g/mol. The Bertz CT molecular complexity index is 1080. The highest BCUT2D eigenvalue weighted by Gasteiger charge is 2.32. The standard InChI is InChI=1S/C23H33N7OS/c1-29(2)16-5-7-17(8-6-16)31-21-20-19-14(10-11-24)4-9-18(19)32-22(20)28-23(27-21)26-15-12-25-30(3)13-15/h12-14,16-17H,4-11,24H2,1-3H3,(H,26,27,28). The quantitative estimate of drug-likeness (QED) is 0.560. The van der Waals surface area contributed by atoms with Crippen molar-refractivity contribution in [3.05, 3.63) is 22.8 Å². The van der Waals surface area contributed by atoms with Crippen molar-refractivity contribution in [2.24, 2.45) is 12.8 Å². The molecule has 0 saturated heterocycles. The average molecular weight is 456 g/mol. The van der Waals surface area contributed by atoms with E-state index >= 15 is 0 Å². The van der Waals surface area contributed by atoms with Crippen molar-refractivity contribution in [1.82, 2.24) is 24.6 Å². The lowest BCUT2D eigenvalue weighted by Gasteiger charge is -2.32. The van der Waals surface area contributed by atoms with Gasteiger partial charge in [0, 0.05) is 24.2 Å². The number of nitrogens with two attached hydrogens (primary N) is 1. The van der Waals surface area contributed by atoms with Crippen molar-refractivity contribution >= 4 is 33.2 Å². The summed E-state index contributed by atoms with van der Waals surface area (Å²) < 4.78 is 8.40. The van der Waals surface area contributed by atoms with Gasteiger partial charge in [-0.15, -0.1) is 11.3 Å². The third kappa shape index (κ3) is 4.21. The fourth-order valence-electron chi connectivity index (χ4n) is 5.19. The molecule has 2 aliphatic rings. The van der Waals surface area contributed by atoms with Crippen LogP contribution in [0.2, 0.25) is 0 Å². The van der Waals surface area contributed by atoms with Crippen LogP contribution in [0.1, 0.15) is 54.9 Å². The van der Waals surface area contributed by atoms with Crippen molar-refractivity contribution in [3.63, 3.8) is 0 Å². The average Bonchev–Trinajstić information content (AvgIpc) is 3.45. The van der Waals surface area contributed by atoms with E-state index in [1.165, 1.54) is 10.4 Å². The second-order valence-electron chi connectivity index (χ2n) is 9.32. The molecule has 0 radical (unpaired) electrons. The van der Waals surface area contributed by atoms with Crippen LogP contribution in [0.15, 0.2) is 12.4 Å². The highest BCUT2D eigenvalue weighted by molar-refractivity contribution is 7.19. The summed E-state index contributed by atoms with van der Waals surface area (Å²) in [6.07, 6.45) is 11.6. The minimum atomic E-state index is 0.195. The molecule has 3 N–H and O–H groups in total. The summed E-state index contributed by atoms with van der Waals surface area (Å²) in [5.41, 5.74) is 8.19. The molecule has 5 rings (SSSR count). The second-order valence-corrected chi connectivity index (χ2v) is 10.4. The number of aryl methyl sites for hydroxylation is 2. The number of fused-ring (bicyclic) bond motifs is 3. The Kier molecular flexibility index (Phi) is 6.05. The molecule has 3 heterocycles. The van der Waals surface area contributed by atoms with Gasteiger partial charge >= 0.3 is 0 Å². The van der Waals surface area contributed by atoms with Crippen LogP contribution in [-0.4, -0.2) is 57.4 Å². The van der Waals surface area contributed by atoms with Gasteiger partial charge in [0.05, 0.1) is 17.3 Å². The smallest absolute Gasteiger partial charge is 0.232 e. The molecule has 2 aliphatic carbocycles. The van der Waals surface area contributed by atoms with E-state index in [0.717, 1.165) is 66.7 Å². The van der Waals surface area contributed by atoms with Crippen molar-refractivity contribution in [1.29, 1.82) is 0 Å². The van der Waals surface area contributed by atoms with Gasteiger partial charge in [-0.3, -0.25) is 4.68 Å². The SMILES string of the molecule is CN(C)C1CCC(Oc2nc(Nc3cnn(C)c3)nc3sc4c(c23)C(CCN)CC4)CC1. The van der Waals surface area contributed by atoms with Gasteiger partial charge in [0.2, 0.25) is 11.8 Å².